The van der Waals surface area contributed by atoms with Gasteiger partial charge in [-0.2, -0.15) is 0 Å². The molecule has 1 aromatic carbocycles. The molecule has 0 saturated carbocycles. The summed E-state index contributed by atoms with van der Waals surface area (Å²) in [5, 5.41) is 6.64. The van der Waals surface area contributed by atoms with Crippen LogP contribution in [0.2, 0.25) is 0 Å². The predicted octanol–water partition coefficient (Wildman–Crippen LogP) is 3.86. The van der Waals surface area contributed by atoms with E-state index in [1.54, 1.807) is 0 Å². The highest BCUT2D eigenvalue weighted by Crippen LogP contribution is 2.35. The molecule has 0 radical (unpaired) electrons. The Balaban J connectivity index is 1.68. The van der Waals surface area contributed by atoms with Gasteiger partial charge in [-0.25, -0.2) is 9.97 Å². The highest BCUT2D eigenvalue weighted by atomic mass is 16.7. The molecular weight excluding hydrogens is 292 g/mol. The lowest BCUT2D eigenvalue weighted by Crippen LogP contribution is -2.06. The van der Waals surface area contributed by atoms with Crippen LogP contribution in [0.3, 0.4) is 0 Å². The zero-order chi connectivity index (χ0) is 16.1. The number of fused-ring (bicyclic) bond motifs is 1. The van der Waals surface area contributed by atoms with Gasteiger partial charge in [-0.3, -0.25) is 0 Å². The zero-order valence-electron chi connectivity index (χ0n) is 13.6. The lowest BCUT2D eigenvalue weighted by molar-refractivity contribution is 0.174. The van der Waals surface area contributed by atoms with Crippen LogP contribution in [-0.4, -0.2) is 23.3 Å². The molecule has 0 bridgehead atoms. The number of anilines is 3. The molecule has 0 atom stereocenters. The number of unbranched alkanes of at least 4 members (excludes halogenated alkanes) is 2. The second-order valence-electron chi connectivity index (χ2n) is 5.51. The van der Waals surface area contributed by atoms with E-state index in [1.165, 1.54) is 12.8 Å². The molecule has 0 saturated heterocycles. The summed E-state index contributed by atoms with van der Waals surface area (Å²) in [6.07, 6.45) is 3.57. The SMILES string of the molecule is CCCCCNc1cc(Nc2ccc3c(c2)OCO3)nc(C)n1. The largest absolute Gasteiger partial charge is 0.454 e. The molecule has 3 rings (SSSR count). The third-order valence-corrected chi connectivity index (χ3v) is 3.57. The number of hydrogen-bond acceptors (Lipinski definition) is 6. The standard InChI is InChI=1S/C17H22N4O2/c1-3-4-5-8-18-16-10-17(20-12(2)19-16)21-13-6-7-14-15(9-13)23-11-22-14/h6-7,9-10H,3-5,8,11H2,1-2H3,(H2,18,19,20,21). The van der Waals surface area contributed by atoms with Gasteiger partial charge in [0.2, 0.25) is 6.79 Å². The van der Waals surface area contributed by atoms with Crippen LogP contribution in [-0.2, 0) is 0 Å². The minimum atomic E-state index is 0.275. The molecule has 2 N–H and O–H groups in total. The van der Waals surface area contributed by atoms with E-state index in [-0.39, 0.29) is 6.79 Å². The molecule has 2 aromatic rings. The van der Waals surface area contributed by atoms with Crippen molar-refractivity contribution in [2.45, 2.75) is 33.1 Å². The highest BCUT2D eigenvalue weighted by molar-refractivity contribution is 5.63. The van der Waals surface area contributed by atoms with Crippen LogP contribution in [0.15, 0.2) is 24.3 Å². The maximum atomic E-state index is 5.39. The minimum absolute atomic E-state index is 0.275. The van der Waals surface area contributed by atoms with Crippen LogP contribution < -0.4 is 20.1 Å². The van der Waals surface area contributed by atoms with E-state index in [9.17, 15) is 0 Å². The number of benzene rings is 1. The van der Waals surface area contributed by atoms with Gasteiger partial charge in [0.1, 0.15) is 17.5 Å². The van der Waals surface area contributed by atoms with Crippen LogP contribution in [0.5, 0.6) is 11.5 Å². The first-order valence-electron chi connectivity index (χ1n) is 8.01. The van der Waals surface area contributed by atoms with Crippen LogP contribution >= 0.6 is 0 Å². The van der Waals surface area contributed by atoms with Gasteiger partial charge in [-0.05, 0) is 25.5 Å². The quantitative estimate of drug-likeness (QED) is 0.756. The topological polar surface area (TPSA) is 68.3 Å². The van der Waals surface area contributed by atoms with E-state index in [4.69, 9.17) is 9.47 Å². The van der Waals surface area contributed by atoms with E-state index < -0.39 is 0 Å². The van der Waals surface area contributed by atoms with Crippen molar-refractivity contribution in [3.63, 3.8) is 0 Å². The maximum Gasteiger partial charge on any atom is 0.231 e. The van der Waals surface area contributed by atoms with Crippen molar-refractivity contribution in [1.82, 2.24) is 9.97 Å². The van der Waals surface area contributed by atoms with E-state index in [2.05, 4.69) is 27.5 Å². The van der Waals surface area contributed by atoms with Crippen molar-refractivity contribution in [3.05, 3.63) is 30.1 Å². The van der Waals surface area contributed by atoms with E-state index in [0.29, 0.717) is 0 Å². The Morgan fingerprint density at radius 1 is 1.04 bits per heavy atom. The highest BCUT2D eigenvalue weighted by Gasteiger charge is 2.13. The molecule has 0 amide bonds. The Morgan fingerprint density at radius 3 is 2.74 bits per heavy atom. The van der Waals surface area contributed by atoms with Crippen molar-refractivity contribution in [1.29, 1.82) is 0 Å². The fourth-order valence-corrected chi connectivity index (χ4v) is 2.44. The second-order valence-corrected chi connectivity index (χ2v) is 5.51. The van der Waals surface area contributed by atoms with Crippen LogP contribution in [0.1, 0.15) is 32.0 Å². The molecule has 23 heavy (non-hydrogen) atoms. The van der Waals surface area contributed by atoms with Crippen molar-refractivity contribution in [2.75, 3.05) is 24.0 Å². The summed E-state index contributed by atoms with van der Waals surface area (Å²) in [4.78, 5) is 8.86. The molecule has 2 heterocycles. The average Bonchev–Trinajstić information content (AvgIpc) is 2.99. The van der Waals surface area contributed by atoms with Gasteiger partial charge in [-0.1, -0.05) is 19.8 Å². The monoisotopic (exact) mass is 314 g/mol. The summed E-state index contributed by atoms with van der Waals surface area (Å²) >= 11 is 0. The fraction of sp³-hybridized carbons (Fsp3) is 0.412. The molecule has 1 aromatic heterocycles. The summed E-state index contributed by atoms with van der Waals surface area (Å²) in [6.45, 7) is 5.29. The smallest absolute Gasteiger partial charge is 0.231 e. The number of aromatic nitrogens is 2. The molecule has 0 fully saturated rings. The summed E-state index contributed by atoms with van der Waals surface area (Å²) in [5.41, 5.74) is 0.907. The Morgan fingerprint density at radius 2 is 1.87 bits per heavy atom. The van der Waals surface area contributed by atoms with Crippen molar-refractivity contribution >= 4 is 17.3 Å². The molecule has 1 aliphatic heterocycles. The van der Waals surface area contributed by atoms with Gasteiger partial charge in [0.05, 0.1) is 0 Å². The Hall–Kier alpha value is -2.50. The summed E-state index contributed by atoms with van der Waals surface area (Å²) < 4.78 is 10.7. The molecule has 122 valence electrons. The van der Waals surface area contributed by atoms with Gasteiger partial charge < -0.3 is 20.1 Å². The summed E-state index contributed by atoms with van der Waals surface area (Å²) in [6, 6.07) is 7.67. The normalized spacial score (nSPS) is 12.3. The summed E-state index contributed by atoms with van der Waals surface area (Å²) in [7, 11) is 0. The van der Waals surface area contributed by atoms with Crippen LogP contribution in [0.4, 0.5) is 17.3 Å². The van der Waals surface area contributed by atoms with Crippen LogP contribution in [0, 0.1) is 6.92 Å². The lowest BCUT2D eigenvalue weighted by Gasteiger charge is -2.10. The van der Waals surface area contributed by atoms with E-state index in [1.807, 2.05) is 31.2 Å². The van der Waals surface area contributed by atoms with Crippen molar-refractivity contribution in [3.8, 4) is 11.5 Å². The number of hydrogen-bond donors (Lipinski definition) is 2. The number of nitrogens with zero attached hydrogens (tertiary/aromatic N) is 2. The molecule has 1 aliphatic rings. The first-order chi connectivity index (χ1) is 11.2. The number of nitrogens with one attached hydrogen (secondary N) is 2. The van der Waals surface area contributed by atoms with Gasteiger partial charge in [-0.15, -0.1) is 0 Å². The first-order valence-corrected chi connectivity index (χ1v) is 8.01. The minimum Gasteiger partial charge on any atom is -0.454 e. The van der Waals surface area contributed by atoms with Crippen LogP contribution in [0.25, 0.3) is 0 Å². The Labute approximate surface area is 136 Å². The third-order valence-electron chi connectivity index (χ3n) is 3.57. The number of rotatable bonds is 7. The van der Waals surface area contributed by atoms with Gasteiger partial charge in [0, 0.05) is 24.4 Å². The Bertz CT molecular complexity index is 676. The first kappa shape index (κ1) is 15.4. The molecule has 6 heteroatoms. The maximum absolute atomic E-state index is 5.39. The number of aryl methyl sites for hydroxylation is 1. The predicted molar refractivity (Wildman–Crippen MR) is 90.6 cm³/mol. The fourth-order valence-electron chi connectivity index (χ4n) is 2.44. The Kier molecular flexibility index (Phi) is 4.80. The van der Waals surface area contributed by atoms with Crippen molar-refractivity contribution in [2.24, 2.45) is 0 Å². The van der Waals surface area contributed by atoms with E-state index >= 15 is 0 Å². The average molecular weight is 314 g/mol. The molecule has 0 unspecified atom stereocenters. The molecule has 0 aliphatic carbocycles. The van der Waals surface area contributed by atoms with Gasteiger partial charge in [0.25, 0.3) is 0 Å². The van der Waals surface area contributed by atoms with Crippen molar-refractivity contribution < 1.29 is 9.47 Å². The second kappa shape index (κ2) is 7.17. The zero-order valence-corrected chi connectivity index (χ0v) is 13.6. The van der Waals surface area contributed by atoms with Gasteiger partial charge >= 0.3 is 0 Å². The van der Waals surface area contributed by atoms with Gasteiger partial charge in [0.15, 0.2) is 11.5 Å². The third kappa shape index (κ3) is 4.03. The molecule has 6 nitrogen and oxygen atoms in total. The lowest BCUT2D eigenvalue weighted by atomic mass is 10.2. The van der Waals surface area contributed by atoms with E-state index in [0.717, 1.165) is 47.6 Å². The number of ether oxygens (including phenoxy) is 2. The molecule has 0 spiro atoms. The molecular formula is C17H22N4O2. The summed E-state index contributed by atoms with van der Waals surface area (Å²) in [5.74, 6) is 3.85.